The lowest BCUT2D eigenvalue weighted by Gasteiger charge is -1.86. The van der Waals surface area contributed by atoms with Crippen molar-refractivity contribution in [1.82, 2.24) is 4.90 Å². The summed E-state index contributed by atoms with van der Waals surface area (Å²) in [7, 11) is 3.61. The Kier molecular flexibility index (Phi) is 2.14. The van der Waals surface area contributed by atoms with Crippen LogP contribution >= 0.6 is 0 Å². The van der Waals surface area contributed by atoms with Crippen LogP contribution in [0.2, 0.25) is 0 Å². The first-order chi connectivity index (χ1) is 2.27. The number of rotatable bonds is 1. The Morgan fingerprint density at radius 2 is 1.80 bits per heavy atom. The minimum absolute atomic E-state index is 0.139. The van der Waals surface area contributed by atoms with E-state index in [-0.39, 0.29) is 6.73 Å². The molecule has 0 spiro atoms. The average molecular weight is 75.1 g/mol. The van der Waals surface area contributed by atoms with E-state index in [0.717, 1.165) is 0 Å². The Labute approximate surface area is 32.0 Å². The van der Waals surface area contributed by atoms with Crippen molar-refractivity contribution in [2.24, 2.45) is 0 Å². The van der Waals surface area contributed by atoms with E-state index < -0.39 is 0 Å². The molecule has 0 aliphatic carbocycles. The molecule has 0 rings (SSSR count). The van der Waals surface area contributed by atoms with Gasteiger partial charge < -0.3 is 5.11 Å². The summed E-state index contributed by atoms with van der Waals surface area (Å²) in [6.07, 6.45) is 0. The Morgan fingerprint density at radius 1 is 1.60 bits per heavy atom. The van der Waals surface area contributed by atoms with Crippen molar-refractivity contribution in [1.29, 1.82) is 0 Å². The second-order valence-corrected chi connectivity index (χ2v) is 1.22. The van der Waals surface area contributed by atoms with Crippen molar-refractivity contribution < 1.29 is 5.11 Å². The molecule has 0 aromatic heterocycles. The monoisotopic (exact) mass is 75.1 g/mol. The van der Waals surface area contributed by atoms with Gasteiger partial charge in [-0.1, -0.05) is 0 Å². The molecule has 0 amide bonds. The summed E-state index contributed by atoms with van der Waals surface area (Å²) in [5.41, 5.74) is 0. The van der Waals surface area contributed by atoms with Crippen LogP contribution in [0.3, 0.4) is 0 Å². The van der Waals surface area contributed by atoms with Crippen LogP contribution in [-0.2, 0) is 0 Å². The van der Waals surface area contributed by atoms with Gasteiger partial charge in [0.1, 0.15) is 14.1 Å². The summed E-state index contributed by atoms with van der Waals surface area (Å²) in [5.74, 6) is 0. The molecule has 0 heterocycles. The Balaban J connectivity index is 2.54. The smallest absolute Gasteiger partial charge is 0.223 e. The third-order valence-corrected chi connectivity index (χ3v) is 0.283. The molecule has 0 aliphatic heterocycles. The van der Waals surface area contributed by atoms with Crippen LogP contribution in [0.25, 0.3) is 0 Å². The number of aliphatic hydroxyl groups is 1. The van der Waals surface area contributed by atoms with Crippen LogP contribution in [0.1, 0.15) is 0 Å². The lowest BCUT2D eigenvalue weighted by molar-refractivity contribution is 0.218. The highest BCUT2D eigenvalue weighted by molar-refractivity contribution is 4.27. The molecule has 0 unspecified atom stereocenters. The minimum atomic E-state index is 0.139. The molecule has 0 saturated carbocycles. The Hall–Kier alpha value is -0.0800. The molecule has 0 bridgehead atoms. The fourth-order valence-corrected chi connectivity index (χ4v) is 0. The summed E-state index contributed by atoms with van der Waals surface area (Å²) in [6, 6.07) is 0. The molecule has 1 radical (unpaired) electrons. The van der Waals surface area contributed by atoms with Crippen molar-refractivity contribution in [2.45, 2.75) is 0 Å². The van der Waals surface area contributed by atoms with Crippen molar-refractivity contribution in [3.05, 3.63) is 0 Å². The summed E-state index contributed by atoms with van der Waals surface area (Å²) < 4.78 is 0. The highest BCUT2D eigenvalue weighted by Crippen LogP contribution is 1.53. The third-order valence-electron chi connectivity index (χ3n) is 0.283. The first kappa shape index (κ1) is 4.92. The molecule has 5 heavy (non-hydrogen) atoms. The molecule has 0 fully saturated rings. The van der Waals surface area contributed by atoms with Crippen molar-refractivity contribution >= 4 is 0 Å². The van der Waals surface area contributed by atoms with Gasteiger partial charge in [-0.15, -0.1) is 0 Å². The second kappa shape index (κ2) is 2.18. The predicted octanol–water partition coefficient (Wildman–Crippen LogP) is -0.664. The van der Waals surface area contributed by atoms with E-state index in [0.29, 0.717) is 0 Å². The lowest BCUT2D eigenvalue weighted by atomic mass is 11.0. The predicted molar refractivity (Wildman–Crippen MR) is 21.1 cm³/mol. The van der Waals surface area contributed by atoms with E-state index in [4.69, 9.17) is 5.11 Å². The van der Waals surface area contributed by atoms with Crippen LogP contribution in [0, 0.1) is 0 Å². The first-order valence-electron chi connectivity index (χ1n) is 1.53. The molecule has 2 heteroatoms. The zero-order valence-corrected chi connectivity index (χ0v) is 3.60. The molecular formula is C3H9NO+. The minimum Gasteiger partial charge on any atom is -0.344 e. The van der Waals surface area contributed by atoms with Gasteiger partial charge in [-0.3, -0.25) is 0 Å². The zero-order chi connectivity index (χ0) is 4.28. The molecule has 2 nitrogen and oxygen atoms in total. The van der Waals surface area contributed by atoms with Crippen LogP contribution in [0.4, 0.5) is 0 Å². The zero-order valence-electron chi connectivity index (χ0n) is 3.60. The van der Waals surface area contributed by atoms with Gasteiger partial charge in [-0.05, 0) is 0 Å². The Morgan fingerprint density at radius 3 is 1.80 bits per heavy atom. The number of nitrogens with zero attached hydrogens (tertiary/aromatic N) is 1. The maximum atomic E-state index is 8.07. The van der Waals surface area contributed by atoms with Crippen molar-refractivity contribution in [3.8, 4) is 0 Å². The van der Waals surface area contributed by atoms with Gasteiger partial charge in [-0.25, -0.2) is 0 Å². The topological polar surface area (TPSA) is 26.1 Å². The van der Waals surface area contributed by atoms with Gasteiger partial charge in [-0.2, -0.15) is 4.90 Å². The van der Waals surface area contributed by atoms with Gasteiger partial charge >= 0.3 is 0 Å². The van der Waals surface area contributed by atoms with Gasteiger partial charge in [0.2, 0.25) is 6.73 Å². The SMILES string of the molecule is C[N+](C)CO. The highest BCUT2D eigenvalue weighted by atomic mass is 16.3. The van der Waals surface area contributed by atoms with Gasteiger partial charge in [0, 0.05) is 0 Å². The van der Waals surface area contributed by atoms with E-state index in [1.165, 1.54) is 0 Å². The summed E-state index contributed by atoms with van der Waals surface area (Å²) in [4.78, 5) is 1.68. The van der Waals surface area contributed by atoms with E-state index in [1.54, 1.807) is 19.0 Å². The van der Waals surface area contributed by atoms with E-state index >= 15 is 0 Å². The first-order valence-corrected chi connectivity index (χ1v) is 1.53. The molecule has 0 aromatic carbocycles. The Bertz CT molecular complexity index is 20.9. The van der Waals surface area contributed by atoms with E-state index in [2.05, 4.69) is 0 Å². The van der Waals surface area contributed by atoms with E-state index in [9.17, 15) is 0 Å². The molecule has 0 saturated heterocycles. The van der Waals surface area contributed by atoms with Crippen LogP contribution < -0.4 is 4.90 Å². The standard InChI is InChI=1S/C3H9NO/c1-4(2)3-5/h5H,3H2,1-2H3/q+1. The van der Waals surface area contributed by atoms with Gasteiger partial charge in [0.15, 0.2) is 0 Å². The fraction of sp³-hybridized carbons (Fsp3) is 1.00. The number of hydrogen-bond acceptors (Lipinski definition) is 2. The lowest BCUT2D eigenvalue weighted by Crippen LogP contribution is -2.18. The van der Waals surface area contributed by atoms with Gasteiger partial charge in [0.05, 0.1) is 0 Å². The maximum Gasteiger partial charge on any atom is 0.223 e. The van der Waals surface area contributed by atoms with Crippen LogP contribution in [0.15, 0.2) is 0 Å². The normalized spacial score (nSPS) is 9.60. The maximum absolute atomic E-state index is 8.07. The second-order valence-electron chi connectivity index (χ2n) is 1.22. The van der Waals surface area contributed by atoms with Gasteiger partial charge in [0.25, 0.3) is 0 Å². The molecule has 31 valence electrons. The largest absolute Gasteiger partial charge is 0.344 e. The van der Waals surface area contributed by atoms with Crippen molar-refractivity contribution in [2.75, 3.05) is 20.8 Å². The average Bonchev–Trinajstić information content (AvgIpc) is 1.38. The number of hydrogen-bond donors (Lipinski definition) is 1. The third kappa shape index (κ3) is 3.92. The quantitative estimate of drug-likeness (QED) is 0.325. The molecular weight excluding hydrogens is 66.0 g/mol. The summed E-state index contributed by atoms with van der Waals surface area (Å²) in [5, 5.41) is 8.07. The fourth-order valence-electron chi connectivity index (χ4n) is 0. The van der Waals surface area contributed by atoms with E-state index in [1.807, 2.05) is 0 Å². The van der Waals surface area contributed by atoms with Crippen LogP contribution in [0.5, 0.6) is 0 Å². The molecule has 1 N–H and O–H groups in total. The van der Waals surface area contributed by atoms with Crippen molar-refractivity contribution in [3.63, 3.8) is 0 Å². The summed E-state index contributed by atoms with van der Waals surface area (Å²) >= 11 is 0. The number of aliphatic hydroxyl groups excluding tert-OH is 1. The summed E-state index contributed by atoms with van der Waals surface area (Å²) in [6.45, 7) is 0.139. The molecule has 0 atom stereocenters. The molecule has 0 aliphatic rings. The highest BCUT2D eigenvalue weighted by Gasteiger charge is 1.85. The molecule has 0 aromatic rings. The van der Waals surface area contributed by atoms with Crippen LogP contribution in [-0.4, -0.2) is 25.9 Å².